The first-order valence-electron chi connectivity index (χ1n) is 8.89. The van der Waals surface area contributed by atoms with E-state index in [-0.39, 0.29) is 28.8 Å². The average Bonchev–Trinajstić information content (AvgIpc) is 2.60. The smallest absolute Gasteiger partial charge is 0.254 e. The van der Waals surface area contributed by atoms with Crippen molar-refractivity contribution in [3.63, 3.8) is 0 Å². The van der Waals surface area contributed by atoms with Crippen LogP contribution in [-0.2, 0) is 14.8 Å². The van der Waals surface area contributed by atoms with Gasteiger partial charge in [-0.1, -0.05) is 19.9 Å². The molecule has 0 atom stereocenters. The summed E-state index contributed by atoms with van der Waals surface area (Å²) in [6.45, 7) is 10.3. The fraction of sp³-hybridized carbons (Fsp3) is 0.556. The molecule has 8 heteroatoms. The molecule has 0 saturated heterocycles. The summed E-state index contributed by atoms with van der Waals surface area (Å²) in [4.78, 5) is 26.1. The molecule has 146 valence electrons. The highest BCUT2D eigenvalue weighted by molar-refractivity contribution is 7.89. The third-order valence-electron chi connectivity index (χ3n) is 4.14. The zero-order valence-corrected chi connectivity index (χ0v) is 17.0. The number of aryl methyl sites for hydroxylation is 1. The van der Waals surface area contributed by atoms with Gasteiger partial charge in [-0.2, -0.15) is 4.31 Å². The highest BCUT2D eigenvalue weighted by Crippen LogP contribution is 2.22. The second-order valence-electron chi connectivity index (χ2n) is 5.84. The summed E-state index contributed by atoms with van der Waals surface area (Å²) < 4.78 is 27.0. The second kappa shape index (κ2) is 9.68. The van der Waals surface area contributed by atoms with Gasteiger partial charge in [0.2, 0.25) is 15.9 Å². The normalized spacial score (nSPS) is 11.5. The Bertz CT molecular complexity index is 743. The summed E-state index contributed by atoms with van der Waals surface area (Å²) in [5.74, 6) is -0.611. The van der Waals surface area contributed by atoms with Gasteiger partial charge in [0.05, 0.1) is 11.4 Å². The Morgan fingerprint density at radius 3 is 2.15 bits per heavy atom. The Kier molecular flexibility index (Phi) is 8.23. The molecule has 0 bridgehead atoms. The van der Waals surface area contributed by atoms with Gasteiger partial charge >= 0.3 is 0 Å². The van der Waals surface area contributed by atoms with Crippen molar-refractivity contribution in [2.45, 2.75) is 39.5 Å². The van der Waals surface area contributed by atoms with E-state index in [9.17, 15) is 18.0 Å². The Balaban J connectivity index is 3.23. The van der Waals surface area contributed by atoms with E-state index in [1.54, 1.807) is 46.8 Å². The van der Waals surface area contributed by atoms with Crippen LogP contribution in [0, 0.1) is 6.92 Å². The van der Waals surface area contributed by atoms with Gasteiger partial charge in [0, 0.05) is 31.7 Å². The van der Waals surface area contributed by atoms with Crippen molar-refractivity contribution >= 4 is 21.8 Å². The maximum atomic E-state index is 12.8. The van der Waals surface area contributed by atoms with E-state index < -0.39 is 10.0 Å². The van der Waals surface area contributed by atoms with Crippen molar-refractivity contribution in [2.75, 3.05) is 32.7 Å². The molecule has 0 radical (unpaired) electrons. The number of carbonyl (C=O) groups excluding carboxylic acids is 2. The Morgan fingerprint density at radius 2 is 1.65 bits per heavy atom. The minimum atomic E-state index is -3.67. The number of amides is 2. The standard InChI is InChI=1S/C18H29N3O4S/c1-6-19-17(22)13-20(7-2)18(23)15-11-10-14(5)16(12-15)26(24,25)21(8-3)9-4/h10-12H,6-9,13H2,1-5H3,(H,19,22). The fourth-order valence-corrected chi connectivity index (χ4v) is 4.36. The van der Waals surface area contributed by atoms with Crippen LogP contribution in [-0.4, -0.2) is 62.2 Å². The molecule has 1 N–H and O–H groups in total. The first-order valence-corrected chi connectivity index (χ1v) is 10.3. The molecule has 7 nitrogen and oxygen atoms in total. The van der Waals surface area contributed by atoms with Crippen LogP contribution in [0.3, 0.4) is 0 Å². The molecule has 1 rings (SSSR count). The van der Waals surface area contributed by atoms with Gasteiger partial charge in [-0.25, -0.2) is 8.42 Å². The van der Waals surface area contributed by atoms with Crippen LogP contribution >= 0.6 is 0 Å². The quantitative estimate of drug-likeness (QED) is 0.702. The number of nitrogens with zero attached hydrogens (tertiary/aromatic N) is 2. The first-order chi connectivity index (χ1) is 12.2. The molecule has 0 aromatic heterocycles. The van der Waals surface area contributed by atoms with E-state index in [2.05, 4.69) is 5.32 Å². The molecule has 0 spiro atoms. The lowest BCUT2D eigenvalue weighted by molar-refractivity contribution is -0.121. The van der Waals surface area contributed by atoms with Crippen molar-refractivity contribution in [1.29, 1.82) is 0 Å². The van der Waals surface area contributed by atoms with Crippen LogP contribution in [0.5, 0.6) is 0 Å². The van der Waals surface area contributed by atoms with E-state index >= 15 is 0 Å². The van der Waals surface area contributed by atoms with Gasteiger partial charge < -0.3 is 10.2 Å². The number of benzene rings is 1. The topological polar surface area (TPSA) is 86.8 Å². The number of hydrogen-bond donors (Lipinski definition) is 1. The van der Waals surface area contributed by atoms with Crippen molar-refractivity contribution in [3.05, 3.63) is 29.3 Å². The number of rotatable bonds is 9. The molecular formula is C18H29N3O4S. The number of sulfonamides is 1. The summed E-state index contributed by atoms with van der Waals surface area (Å²) in [7, 11) is -3.67. The van der Waals surface area contributed by atoms with Crippen LogP contribution in [0.1, 0.15) is 43.6 Å². The lowest BCUT2D eigenvalue weighted by Crippen LogP contribution is -2.40. The van der Waals surface area contributed by atoms with E-state index in [1.165, 1.54) is 15.3 Å². The highest BCUT2D eigenvalue weighted by atomic mass is 32.2. The average molecular weight is 384 g/mol. The van der Waals surface area contributed by atoms with Gasteiger partial charge in [0.15, 0.2) is 0 Å². The van der Waals surface area contributed by atoms with Crippen molar-refractivity contribution in [2.24, 2.45) is 0 Å². The molecule has 0 aliphatic heterocycles. The first kappa shape index (κ1) is 22.1. The molecule has 0 fully saturated rings. The predicted octanol–water partition coefficient (Wildman–Crippen LogP) is 1.62. The molecule has 0 aliphatic carbocycles. The van der Waals surface area contributed by atoms with Gasteiger partial charge in [0.25, 0.3) is 5.91 Å². The molecule has 2 amide bonds. The minimum Gasteiger partial charge on any atom is -0.355 e. The monoisotopic (exact) mass is 383 g/mol. The molecule has 0 heterocycles. The highest BCUT2D eigenvalue weighted by Gasteiger charge is 2.26. The summed E-state index contributed by atoms with van der Waals surface area (Å²) in [6.07, 6.45) is 0. The molecule has 0 aliphatic rings. The van der Waals surface area contributed by atoms with Crippen molar-refractivity contribution in [3.8, 4) is 0 Å². The van der Waals surface area contributed by atoms with E-state index in [0.29, 0.717) is 31.7 Å². The van der Waals surface area contributed by atoms with Crippen molar-refractivity contribution < 1.29 is 18.0 Å². The van der Waals surface area contributed by atoms with Crippen molar-refractivity contribution in [1.82, 2.24) is 14.5 Å². The Morgan fingerprint density at radius 1 is 1.04 bits per heavy atom. The van der Waals surface area contributed by atoms with E-state index in [4.69, 9.17) is 0 Å². The zero-order valence-electron chi connectivity index (χ0n) is 16.2. The summed E-state index contributed by atoms with van der Waals surface area (Å²) in [5.41, 5.74) is 0.840. The van der Waals surface area contributed by atoms with Crippen LogP contribution in [0.4, 0.5) is 0 Å². The van der Waals surface area contributed by atoms with Crippen LogP contribution < -0.4 is 5.32 Å². The largest absolute Gasteiger partial charge is 0.355 e. The fourth-order valence-electron chi connectivity index (χ4n) is 2.65. The molecule has 26 heavy (non-hydrogen) atoms. The third-order valence-corrected chi connectivity index (χ3v) is 6.33. The van der Waals surface area contributed by atoms with E-state index in [0.717, 1.165) is 0 Å². The van der Waals surface area contributed by atoms with Crippen LogP contribution in [0.15, 0.2) is 23.1 Å². The third kappa shape index (κ3) is 5.04. The number of carbonyl (C=O) groups is 2. The molecular weight excluding hydrogens is 354 g/mol. The predicted molar refractivity (Wildman–Crippen MR) is 102 cm³/mol. The Labute approximate surface area is 156 Å². The second-order valence-corrected chi connectivity index (χ2v) is 7.75. The lowest BCUT2D eigenvalue weighted by atomic mass is 10.1. The van der Waals surface area contributed by atoms with Gasteiger partial charge in [0.1, 0.15) is 0 Å². The zero-order chi connectivity index (χ0) is 19.9. The Hall–Kier alpha value is -1.93. The van der Waals surface area contributed by atoms with Crippen LogP contribution in [0.2, 0.25) is 0 Å². The minimum absolute atomic E-state index is 0.0603. The van der Waals surface area contributed by atoms with Gasteiger partial charge in [-0.15, -0.1) is 0 Å². The van der Waals surface area contributed by atoms with E-state index in [1.807, 2.05) is 0 Å². The molecule has 1 aromatic carbocycles. The SMILES string of the molecule is CCNC(=O)CN(CC)C(=O)c1ccc(C)c(S(=O)(=O)N(CC)CC)c1. The molecule has 0 saturated carbocycles. The summed E-state index contributed by atoms with van der Waals surface area (Å²) in [6, 6.07) is 4.63. The summed E-state index contributed by atoms with van der Waals surface area (Å²) in [5, 5.41) is 2.66. The maximum Gasteiger partial charge on any atom is 0.254 e. The lowest BCUT2D eigenvalue weighted by Gasteiger charge is -2.22. The van der Waals surface area contributed by atoms with Gasteiger partial charge in [-0.3, -0.25) is 9.59 Å². The number of hydrogen-bond acceptors (Lipinski definition) is 4. The summed E-state index contributed by atoms with van der Waals surface area (Å²) >= 11 is 0. The number of nitrogens with one attached hydrogen (secondary N) is 1. The molecule has 1 aromatic rings. The van der Waals surface area contributed by atoms with Gasteiger partial charge in [-0.05, 0) is 38.5 Å². The maximum absolute atomic E-state index is 12.8. The molecule has 0 unspecified atom stereocenters. The number of likely N-dealkylation sites (N-methyl/N-ethyl adjacent to an activating group) is 2. The van der Waals surface area contributed by atoms with Crippen LogP contribution in [0.25, 0.3) is 0 Å².